The SMILES string of the molecule is C[C@H](c1ccc(F)cc1)N(C)C(=O)Cn1nnn(-c2ccccc2)c1=O. The summed E-state index contributed by atoms with van der Waals surface area (Å²) in [7, 11) is 1.63. The second kappa shape index (κ2) is 7.30. The van der Waals surface area contributed by atoms with Crippen molar-refractivity contribution in [2.75, 3.05) is 7.05 Å². The average molecular weight is 355 g/mol. The predicted octanol–water partition coefficient (Wildman–Crippen LogP) is 1.79. The number of likely N-dealkylation sites (N-methyl/N-ethyl adjacent to an activating group) is 1. The number of hydrogen-bond donors (Lipinski definition) is 0. The van der Waals surface area contributed by atoms with Gasteiger partial charge in [0, 0.05) is 7.05 Å². The van der Waals surface area contributed by atoms with Crippen molar-refractivity contribution in [1.29, 1.82) is 0 Å². The molecule has 1 atom stereocenters. The molecule has 0 aliphatic carbocycles. The van der Waals surface area contributed by atoms with Gasteiger partial charge in [0.25, 0.3) is 0 Å². The Morgan fingerprint density at radius 2 is 1.77 bits per heavy atom. The maximum absolute atomic E-state index is 13.0. The molecule has 134 valence electrons. The molecule has 0 radical (unpaired) electrons. The molecule has 8 heteroatoms. The van der Waals surface area contributed by atoms with E-state index in [-0.39, 0.29) is 24.3 Å². The summed E-state index contributed by atoms with van der Waals surface area (Å²) >= 11 is 0. The summed E-state index contributed by atoms with van der Waals surface area (Å²) < 4.78 is 15.2. The van der Waals surface area contributed by atoms with E-state index in [9.17, 15) is 14.0 Å². The summed E-state index contributed by atoms with van der Waals surface area (Å²) in [5.74, 6) is -0.636. The number of halogens is 1. The van der Waals surface area contributed by atoms with Crippen molar-refractivity contribution < 1.29 is 9.18 Å². The van der Waals surface area contributed by atoms with Crippen LogP contribution < -0.4 is 5.69 Å². The molecule has 0 spiro atoms. The third-order valence-corrected chi connectivity index (χ3v) is 4.25. The van der Waals surface area contributed by atoms with E-state index in [2.05, 4.69) is 10.4 Å². The molecule has 0 unspecified atom stereocenters. The van der Waals surface area contributed by atoms with Gasteiger partial charge < -0.3 is 4.90 Å². The van der Waals surface area contributed by atoms with Crippen LogP contribution in [0.1, 0.15) is 18.5 Å². The van der Waals surface area contributed by atoms with Gasteiger partial charge in [0.2, 0.25) is 5.91 Å². The molecule has 0 fully saturated rings. The van der Waals surface area contributed by atoms with Crippen LogP contribution in [0.3, 0.4) is 0 Å². The van der Waals surface area contributed by atoms with Crippen molar-refractivity contribution in [2.45, 2.75) is 19.5 Å². The fraction of sp³-hybridized carbons (Fsp3) is 0.222. The Labute approximate surface area is 149 Å². The zero-order valence-electron chi connectivity index (χ0n) is 14.4. The van der Waals surface area contributed by atoms with Gasteiger partial charge in [-0.2, -0.15) is 9.36 Å². The number of aromatic nitrogens is 4. The molecular weight excluding hydrogens is 337 g/mol. The molecule has 0 aliphatic heterocycles. The molecule has 26 heavy (non-hydrogen) atoms. The Morgan fingerprint density at radius 1 is 1.12 bits per heavy atom. The van der Waals surface area contributed by atoms with Crippen LogP contribution in [0.25, 0.3) is 5.69 Å². The van der Waals surface area contributed by atoms with E-state index < -0.39 is 5.69 Å². The third-order valence-electron chi connectivity index (χ3n) is 4.25. The van der Waals surface area contributed by atoms with Gasteiger partial charge in [0.05, 0.1) is 11.7 Å². The van der Waals surface area contributed by atoms with Crippen LogP contribution in [-0.2, 0) is 11.3 Å². The minimum atomic E-state index is -0.493. The van der Waals surface area contributed by atoms with Gasteiger partial charge in [0.1, 0.15) is 12.4 Å². The highest BCUT2D eigenvalue weighted by molar-refractivity contribution is 5.76. The Bertz CT molecular complexity index is 950. The largest absolute Gasteiger partial charge is 0.368 e. The number of benzene rings is 2. The Morgan fingerprint density at radius 3 is 2.42 bits per heavy atom. The summed E-state index contributed by atoms with van der Waals surface area (Å²) in [5.41, 5.74) is 0.874. The van der Waals surface area contributed by atoms with Gasteiger partial charge in [-0.25, -0.2) is 9.18 Å². The molecule has 0 saturated carbocycles. The number of rotatable bonds is 5. The van der Waals surface area contributed by atoms with Crippen LogP contribution in [-0.4, -0.2) is 37.6 Å². The van der Waals surface area contributed by atoms with E-state index in [0.29, 0.717) is 5.69 Å². The molecule has 3 rings (SSSR count). The quantitative estimate of drug-likeness (QED) is 0.699. The first-order valence-electron chi connectivity index (χ1n) is 8.06. The summed E-state index contributed by atoms with van der Waals surface area (Å²) in [6.07, 6.45) is 0. The first-order valence-corrected chi connectivity index (χ1v) is 8.06. The number of amides is 1. The molecule has 0 saturated heterocycles. The minimum Gasteiger partial charge on any atom is -0.337 e. The zero-order chi connectivity index (χ0) is 18.7. The van der Waals surface area contributed by atoms with Crippen LogP contribution >= 0.6 is 0 Å². The number of nitrogens with zero attached hydrogens (tertiary/aromatic N) is 5. The number of para-hydroxylation sites is 1. The number of carbonyl (C=O) groups is 1. The van der Waals surface area contributed by atoms with E-state index in [0.717, 1.165) is 14.9 Å². The standard InChI is InChI=1S/C18H18FN5O2/c1-13(14-8-10-15(19)11-9-14)22(2)17(25)12-23-18(26)24(21-20-23)16-6-4-3-5-7-16/h3-11,13H,12H2,1-2H3/t13-/m1/s1. The van der Waals surface area contributed by atoms with Crippen molar-refractivity contribution in [1.82, 2.24) is 24.7 Å². The molecule has 0 N–H and O–H groups in total. The third kappa shape index (κ3) is 3.53. The van der Waals surface area contributed by atoms with E-state index in [1.54, 1.807) is 43.4 Å². The van der Waals surface area contributed by atoms with Crippen LogP contribution in [0.4, 0.5) is 4.39 Å². The van der Waals surface area contributed by atoms with Gasteiger partial charge in [-0.3, -0.25) is 4.79 Å². The number of hydrogen-bond acceptors (Lipinski definition) is 4. The second-order valence-electron chi connectivity index (χ2n) is 5.90. The topological polar surface area (TPSA) is 73.0 Å². The lowest BCUT2D eigenvalue weighted by atomic mass is 10.1. The van der Waals surface area contributed by atoms with Gasteiger partial charge in [-0.05, 0) is 47.2 Å². The lowest BCUT2D eigenvalue weighted by Crippen LogP contribution is -2.36. The van der Waals surface area contributed by atoms with Crippen molar-refractivity contribution in [2.24, 2.45) is 0 Å². The fourth-order valence-electron chi connectivity index (χ4n) is 2.53. The van der Waals surface area contributed by atoms with Crippen molar-refractivity contribution in [3.8, 4) is 5.69 Å². The van der Waals surface area contributed by atoms with E-state index in [1.165, 1.54) is 17.0 Å². The molecule has 0 bridgehead atoms. The highest BCUT2D eigenvalue weighted by Gasteiger charge is 2.20. The normalized spacial score (nSPS) is 12.0. The molecule has 1 heterocycles. The van der Waals surface area contributed by atoms with Gasteiger partial charge in [-0.15, -0.1) is 0 Å². The summed E-state index contributed by atoms with van der Waals surface area (Å²) in [4.78, 5) is 26.4. The summed E-state index contributed by atoms with van der Waals surface area (Å²) in [6, 6.07) is 14.5. The lowest BCUT2D eigenvalue weighted by Gasteiger charge is -2.25. The number of tetrazole rings is 1. The van der Waals surface area contributed by atoms with Crippen LogP contribution in [0.2, 0.25) is 0 Å². The highest BCUT2D eigenvalue weighted by atomic mass is 19.1. The summed E-state index contributed by atoms with van der Waals surface area (Å²) in [5, 5.41) is 7.59. The van der Waals surface area contributed by atoms with Crippen LogP contribution in [0, 0.1) is 5.82 Å². The molecule has 7 nitrogen and oxygen atoms in total. The van der Waals surface area contributed by atoms with E-state index in [4.69, 9.17) is 0 Å². The highest BCUT2D eigenvalue weighted by Crippen LogP contribution is 2.19. The van der Waals surface area contributed by atoms with Crippen LogP contribution in [0.5, 0.6) is 0 Å². The zero-order valence-corrected chi connectivity index (χ0v) is 14.4. The van der Waals surface area contributed by atoms with Crippen molar-refractivity contribution in [3.63, 3.8) is 0 Å². The first-order chi connectivity index (χ1) is 12.5. The van der Waals surface area contributed by atoms with E-state index >= 15 is 0 Å². The Balaban J connectivity index is 1.75. The second-order valence-corrected chi connectivity index (χ2v) is 5.90. The predicted molar refractivity (Wildman–Crippen MR) is 93.2 cm³/mol. The van der Waals surface area contributed by atoms with Gasteiger partial charge in [-0.1, -0.05) is 30.3 Å². The van der Waals surface area contributed by atoms with E-state index in [1.807, 2.05) is 13.0 Å². The van der Waals surface area contributed by atoms with Crippen molar-refractivity contribution in [3.05, 3.63) is 76.5 Å². The first kappa shape index (κ1) is 17.5. The monoisotopic (exact) mass is 355 g/mol. The minimum absolute atomic E-state index is 0.228. The Kier molecular flexibility index (Phi) is 4.92. The fourth-order valence-corrected chi connectivity index (χ4v) is 2.53. The van der Waals surface area contributed by atoms with Gasteiger partial charge in [0.15, 0.2) is 0 Å². The molecule has 1 amide bonds. The molecule has 0 aliphatic rings. The Hall–Kier alpha value is -3.29. The number of carbonyl (C=O) groups excluding carboxylic acids is 1. The maximum Gasteiger partial charge on any atom is 0.368 e. The summed E-state index contributed by atoms with van der Waals surface area (Å²) in [6.45, 7) is 1.60. The van der Waals surface area contributed by atoms with Gasteiger partial charge >= 0.3 is 5.69 Å². The lowest BCUT2D eigenvalue weighted by molar-refractivity contribution is -0.132. The molecular formula is C18H18FN5O2. The molecule has 2 aromatic carbocycles. The van der Waals surface area contributed by atoms with Crippen molar-refractivity contribution >= 4 is 5.91 Å². The maximum atomic E-state index is 13.0. The molecule has 3 aromatic rings. The molecule has 1 aromatic heterocycles. The average Bonchev–Trinajstić information content (AvgIpc) is 3.02. The smallest absolute Gasteiger partial charge is 0.337 e. The van der Waals surface area contributed by atoms with Crippen LogP contribution in [0.15, 0.2) is 59.4 Å².